The molecule has 1 aromatic carbocycles. The van der Waals surface area contributed by atoms with Gasteiger partial charge in [-0.1, -0.05) is 12.1 Å². The van der Waals surface area contributed by atoms with Crippen molar-refractivity contribution in [3.8, 4) is 5.75 Å². The van der Waals surface area contributed by atoms with Gasteiger partial charge in [0, 0.05) is 18.6 Å². The molecule has 76 valence electrons. The van der Waals surface area contributed by atoms with Crippen LogP contribution in [0.2, 0.25) is 0 Å². The summed E-state index contributed by atoms with van der Waals surface area (Å²) in [5, 5.41) is 9.51. The molecule has 1 N–H and O–H groups in total. The lowest BCUT2D eigenvalue weighted by Gasteiger charge is -2.05. The summed E-state index contributed by atoms with van der Waals surface area (Å²) >= 11 is 0. The summed E-state index contributed by atoms with van der Waals surface area (Å²) < 4.78 is 5.19. The molecule has 0 saturated heterocycles. The summed E-state index contributed by atoms with van der Waals surface area (Å²) in [7, 11) is 0. The molecule has 14 heavy (non-hydrogen) atoms. The minimum atomic E-state index is 0.161. The highest BCUT2D eigenvalue weighted by molar-refractivity contribution is 5.57. The van der Waals surface area contributed by atoms with Gasteiger partial charge in [0.2, 0.25) is 0 Å². The highest BCUT2D eigenvalue weighted by Gasteiger charge is 2.01. The smallest absolute Gasteiger partial charge is 0.124 e. The Hall–Kier alpha value is -1.35. The molecule has 0 aliphatic heterocycles. The maximum Gasteiger partial charge on any atom is 0.124 e. The number of aromatic hydroxyl groups is 1. The van der Waals surface area contributed by atoms with Crippen molar-refractivity contribution in [2.75, 3.05) is 6.61 Å². The zero-order valence-electron chi connectivity index (χ0n) is 8.19. The van der Waals surface area contributed by atoms with Crippen LogP contribution >= 0.6 is 0 Å². The molecule has 3 heteroatoms. The van der Waals surface area contributed by atoms with Crippen LogP contribution in [0, 0.1) is 0 Å². The molecule has 0 fully saturated rings. The van der Waals surface area contributed by atoms with Crippen molar-refractivity contribution in [2.24, 2.45) is 0 Å². The molecule has 0 radical (unpaired) electrons. The monoisotopic (exact) mass is 194 g/mol. The zero-order chi connectivity index (χ0) is 10.4. The molecule has 1 aromatic rings. The molecular formula is C11H14O3. The summed E-state index contributed by atoms with van der Waals surface area (Å²) in [5.74, 6) is 0.161. The maximum absolute atomic E-state index is 10.2. The normalized spacial score (nSPS) is 10.1. The first-order valence-electron chi connectivity index (χ1n) is 4.60. The number of benzene rings is 1. The van der Waals surface area contributed by atoms with E-state index in [-0.39, 0.29) is 12.2 Å². The van der Waals surface area contributed by atoms with E-state index < -0.39 is 0 Å². The summed E-state index contributed by atoms with van der Waals surface area (Å²) in [6.07, 6.45) is 1.03. The van der Waals surface area contributed by atoms with Gasteiger partial charge in [-0.05, 0) is 18.6 Å². The van der Waals surface area contributed by atoms with E-state index in [1.54, 1.807) is 12.1 Å². The van der Waals surface area contributed by atoms with Crippen LogP contribution in [0.4, 0.5) is 0 Å². The molecule has 0 amide bonds. The number of hydrogen-bond acceptors (Lipinski definition) is 3. The van der Waals surface area contributed by atoms with Crippen LogP contribution in [0.15, 0.2) is 18.2 Å². The number of phenols is 1. The van der Waals surface area contributed by atoms with Crippen molar-refractivity contribution >= 4 is 6.29 Å². The van der Waals surface area contributed by atoms with Crippen molar-refractivity contribution in [3.05, 3.63) is 29.3 Å². The van der Waals surface area contributed by atoms with E-state index in [9.17, 15) is 9.90 Å². The third-order valence-corrected chi connectivity index (χ3v) is 1.93. The van der Waals surface area contributed by atoms with Gasteiger partial charge in [0.1, 0.15) is 12.0 Å². The third-order valence-electron chi connectivity index (χ3n) is 1.93. The number of rotatable bonds is 5. The van der Waals surface area contributed by atoms with Crippen LogP contribution in [0.3, 0.4) is 0 Å². The second kappa shape index (κ2) is 5.40. The predicted octanol–water partition coefficient (Wildman–Crippen LogP) is 1.67. The average Bonchev–Trinajstić information content (AvgIpc) is 2.19. The first kappa shape index (κ1) is 10.7. The minimum absolute atomic E-state index is 0.161. The molecule has 0 aromatic heterocycles. The summed E-state index contributed by atoms with van der Waals surface area (Å²) in [5.41, 5.74) is 1.57. The molecular weight excluding hydrogens is 180 g/mol. The zero-order valence-corrected chi connectivity index (χ0v) is 8.19. The van der Waals surface area contributed by atoms with Gasteiger partial charge in [0.15, 0.2) is 0 Å². The van der Waals surface area contributed by atoms with Crippen LogP contribution in [0.5, 0.6) is 5.75 Å². The number of hydrogen-bond donors (Lipinski definition) is 1. The maximum atomic E-state index is 10.2. The molecule has 0 aliphatic rings. The van der Waals surface area contributed by atoms with Crippen molar-refractivity contribution in [2.45, 2.75) is 20.0 Å². The molecule has 0 bridgehead atoms. The Bertz CT molecular complexity index is 307. The lowest BCUT2D eigenvalue weighted by molar-refractivity contribution is -0.107. The van der Waals surface area contributed by atoms with Crippen molar-refractivity contribution < 1.29 is 14.6 Å². The van der Waals surface area contributed by atoms with Crippen molar-refractivity contribution in [3.63, 3.8) is 0 Å². The molecule has 0 aliphatic carbocycles. The Morgan fingerprint density at radius 1 is 1.50 bits per heavy atom. The quantitative estimate of drug-likeness (QED) is 0.725. The van der Waals surface area contributed by atoms with Crippen LogP contribution in [-0.2, 0) is 22.6 Å². The fourth-order valence-corrected chi connectivity index (χ4v) is 1.18. The number of phenolic OH excluding ortho intramolecular Hbond substituents is 1. The standard InChI is InChI=1S/C11H14O3/c1-2-14-8-9-3-4-10(5-6-12)11(13)7-9/h3-4,6-7,13H,2,5,8H2,1H3. The van der Waals surface area contributed by atoms with E-state index in [0.29, 0.717) is 18.8 Å². The number of aldehydes is 1. The van der Waals surface area contributed by atoms with Gasteiger partial charge in [-0.2, -0.15) is 0 Å². The number of ether oxygens (including phenoxy) is 1. The summed E-state index contributed by atoms with van der Waals surface area (Å²) in [6.45, 7) is 3.06. The third kappa shape index (κ3) is 2.85. The largest absolute Gasteiger partial charge is 0.508 e. The molecule has 0 spiro atoms. The topological polar surface area (TPSA) is 46.5 Å². The van der Waals surface area contributed by atoms with E-state index in [1.807, 2.05) is 13.0 Å². The molecule has 1 rings (SSSR count). The lowest BCUT2D eigenvalue weighted by atomic mass is 10.1. The molecule has 0 atom stereocenters. The average molecular weight is 194 g/mol. The van der Waals surface area contributed by atoms with Gasteiger partial charge in [-0.15, -0.1) is 0 Å². The Balaban J connectivity index is 2.72. The van der Waals surface area contributed by atoms with Gasteiger partial charge in [0.25, 0.3) is 0 Å². The molecule has 0 saturated carbocycles. The van der Waals surface area contributed by atoms with Crippen molar-refractivity contribution in [1.82, 2.24) is 0 Å². The summed E-state index contributed by atoms with van der Waals surface area (Å²) in [6, 6.07) is 5.24. The van der Waals surface area contributed by atoms with E-state index in [0.717, 1.165) is 11.8 Å². The van der Waals surface area contributed by atoms with Crippen LogP contribution in [-0.4, -0.2) is 18.0 Å². The van der Waals surface area contributed by atoms with Gasteiger partial charge >= 0.3 is 0 Å². The van der Waals surface area contributed by atoms with Gasteiger partial charge < -0.3 is 14.6 Å². The van der Waals surface area contributed by atoms with E-state index in [2.05, 4.69) is 0 Å². The fourth-order valence-electron chi connectivity index (χ4n) is 1.18. The highest BCUT2D eigenvalue weighted by atomic mass is 16.5. The molecule has 0 unspecified atom stereocenters. The fraction of sp³-hybridized carbons (Fsp3) is 0.364. The van der Waals surface area contributed by atoms with E-state index >= 15 is 0 Å². The lowest BCUT2D eigenvalue weighted by Crippen LogP contribution is -1.93. The van der Waals surface area contributed by atoms with E-state index in [4.69, 9.17) is 4.74 Å². The summed E-state index contributed by atoms with van der Waals surface area (Å²) in [4.78, 5) is 10.2. The predicted molar refractivity (Wildman–Crippen MR) is 53.2 cm³/mol. The first-order chi connectivity index (χ1) is 6.77. The highest BCUT2D eigenvalue weighted by Crippen LogP contribution is 2.19. The Labute approximate surface area is 83.3 Å². The Kier molecular flexibility index (Phi) is 4.13. The molecule has 0 heterocycles. The Morgan fingerprint density at radius 3 is 2.86 bits per heavy atom. The van der Waals surface area contributed by atoms with E-state index in [1.165, 1.54) is 0 Å². The molecule has 3 nitrogen and oxygen atoms in total. The number of carbonyl (C=O) groups excluding carboxylic acids is 1. The number of carbonyl (C=O) groups is 1. The van der Waals surface area contributed by atoms with Crippen LogP contribution in [0.25, 0.3) is 0 Å². The first-order valence-corrected chi connectivity index (χ1v) is 4.60. The Morgan fingerprint density at radius 2 is 2.29 bits per heavy atom. The van der Waals surface area contributed by atoms with Gasteiger partial charge in [-0.25, -0.2) is 0 Å². The van der Waals surface area contributed by atoms with Gasteiger partial charge in [-0.3, -0.25) is 0 Å². The SMILES string of the molecule is CCOCc1ccc(CC=O)c(O)c1. The minimum Gasteiger partial charge on any atom is -0.508 e. The second-order valence-electron chi connectivity index (χ2n) is 2.97. The van der Waals surface area contributed by atoms with Gasteiger partial charge in [0.05, 0.1) is 6.61 Å². The second-order valence-corrected chi connectivity index (χ2v) is 2.97. The van der Waals surface area contributed by atoms with Crippen LogP contribution < -0.4 is 0 Å². The van der Waals surface area contributed by atoms with Crippen molar-refractivity contribution in [1.29, 1.82) is 0 Å². The van der Waals surface area contributed by atoms with Crippen LogP contribution in [0.1, 0.15) is 18.1 Å².